The van der Waals surface area contributed by atoms with Crippen LogP contribution in [0.4, 0.5) is 5.69 Å². The number of nitrogens with one attached hydrogen (secondary N) is 2. The summed E-state index contributed by atoms with van der Waals surface area (Å²) < 4.78 is 13.1. The van der Waals surface area contributed by atoms with E-state index in [1.807, 2.05) is 49.4 Å². The number of anilines is 1. The van der Waals surface area contributed by atoms with E-state index in [0.717, 1.165) is 31.2 Å². The van der Waals surface area contributed by atoms with Crippen LogP contribution in [0.25, 0.3) is 22.2 Å². The molecule has 2 amide bonds. The molecule has 6 rings (SSSR count). The van der Waals surface area contributed by atoms with Crippen molar-refractivity contribution in [3.8, 4) is 22.8 Å². The number of carbonyl (C=O) groups excluding carboxylic acids is 2. The molecule has 1 aliphatic carbocycles. The van der Waals surface area contributed by atoms with Gasteiger partial charge in [-0.15, -0.1) is 0 Å². The first kappa shape index (κ1) is 24.9. The van der Waals surface area contributed by atoms with E-state index in [2.05, 4.69) is 15.7 Å². The molecular weight excluding hydrogens is 494 g/mol. The number of nitrogens with zero attached hydrogens (tertiary/aromatic N) is 3. The SMILES string of the molecule is CCn1cc(NC(=O)c2cc(-c3ccc4c(c3)OCCO4)nc3ccccc23)c(C(=O)NC2CCCCC2)n1. The lowest BCUT2D eigenvalue weighted by Crippen LogP contribution is -2.36. The van der Waals surface area contributed by atoms with E-state index in [-0.39, 0.29) is 23.6 Å². The molecule has 0 spiro atoms. The van der Waals surface area contributed by atoms with Crippen LogP contribution >= 0.6 is 0 Å². The van der Waals surface area contributed by atoms with Crippen molar-refractivity contribution in [3.05, 3.63) is 66.0 Å². The molecule has 0 atom stereocenters. The molecule has 0 bridgehead atoms. The fourth-order valence-corrected chi connectivity index (χ4v) is 5.25. The lowest BCUT2D eigenvalue weighted by Gasteiger charge is -2.22. The van der Waals surface area contributed by atoms with Crippen LogP contribution in [-0.2, 0) is 6.54 Å². The number of amides is 2. The third kappa shape index (κ3) is 5.16. The summed E-state index contributed by atoms with van der Waals surface area (Å²) in [7, 11) is 0. The number of hydrogen-bond donors (Lipinski definition) is 2. The third-order valence-corrected chi connectivity index (χ3v) is 7.29. The van der Waals surface area contributed by atoms with Gasteiger partial charge in [0.25, 0.3) is 11.8 Å². The highest BCUT2D eigenvalue weighted by Crippen LogP contribution is 2.35. The number of aryl methyl sites for hydroxylation is 1. The lowest BCUT2D eigenvalue weighted by molar-refractivity contribution is 0.0922. The van der Waals surface area contributed by atoms with Gasteiger partial charge >= 0.3 is 0 Å². The summed E-state index contributed by atoms with van der Waals surface area (Å²) >= 11 is 0. The Kier molecular flexibility index (Phi) is 6.87. The Morgan fingerprint density at radius 1 is 0.974 bits per heavy atom. The molecule has 2 aromatic carbocycles. The minimum absolute atomic E-state index is 0.138. The molecule has 2 N–H and O–H groups in total. The maximum atomic E-state index is 13.8. The van der Waals surface area contributed by atoms with E-state index in [1.54, 1.807) is 16.9 Å². The number of carbonyl (C=O) groups is 2. The Bertz CT molecular complexity index is 1540. The minimum Gasteiger partial charge on any atom is -0.486 e. The molecule has 39 heavy (non-hydrogen) atoms. The Balaban J connectivity index is 1.33. The first-order chi connectivity index (χ1) is 19.1. The maximum Gasteiger partial charge on any atom is 0.274 e. The predicted molar refractivity (Wildman–Crippen MR) is 148 cm³/mol. The van der Waals surface area contributed by atoms with Gasteiger partial charge in [0, 0.05) is 29.7 Å². The quantitative estimate of drug-likeness (QED) is 0.358. The number of fused-ring (bicyclic) bond motifs is 2. The number of rotatable bonds is 6. The van der Waals surface area contributed by atoms with Gasteiger partial charge in [-0.2, -0.15) is 5.10 Å². The monoisotopic (exact) mass is 525 g/mol. The average molecular weight is 526 g/mol. The van der Waals surface area contributed by atoms with Crippen molar-refractivity contribution in [2.24, 2.45) is 0 Å². The van der Waals surface area contributed by atoms with Crippen molar-refractivity contribution < 1.29 is 19.1 Å². The van der Waals surface area contributed by atoms with E-state index in [9.17, 15) is 9.59 Å². The van der Waals surface area contributed by atoms with E-state index in [0.29, 0.717) is 59.1 Å². The Morgan fingerprint density at radius 2 is 1.77 bits per heavy atom. The normalized spacial score (nSPS) is 15.2. The van der Waals surface area contributed by atoms with E-state index >= 15 is 0 Å². The second kappa shape index (κ2) is 10.8. The summed E-state index contributed by atoms with van der Waals surface area (Å²) in [5, 5.41) is 11.3. The predicted octanol–water partition coefficient (Wildman–Crippen LogP) is 5.20. The summed E-state index contributed by atoms with van der Waals surface area (Å²) in [4.78, 5) is 31.7. The number of pyridine rings is 1. The van der Waals surface area contributed by atoms with E-state index < -0.39 is 0 Å². The van der Waals surface area contributed by atoms with Crippen LogP contribution in [0, 0.1) is 0 Å². The highest BCUT2D eigenvalue weighted by molar-refractivity contribution is 6.14. The topological polar surface area (TPSA) is 107 Å². The van der Waals surface area contributed by atoms with Gasteiger partial charge in [-0.1, -0.05) is 37.5 Å². The Morgan fingerprint density at radius 3 is 2.59 bits per heavy atom. The summed E-state index contributed by atoms with van der Waals surface area (Å²) in [5.41, 5.74) is 3.20. The van der Waals surface area contributed by atoms with Crippen LogP contribution in [0.2, 0.25) is 0 Å². The van der Waals surface area contributed by atoms with Crippen LogP contribution in [0.15, 0.2) is 54.7 Å². The largest absolute Gasteiger partial charge is 0.486 e. The Labute approximate surface area is 226 Å². The highest BCUT2D eigenvalue weighted by atomic mass is 16.6. The molecule has 1 saturated carbocycles. The number of benzene rings is 2. The fraction of sp³-hybridized carbons (Fsp3) is 0.333. The smallest absolute Gasteiger partial charge is 0.274 e. The van der Waals surface area contributed by atoms with Crippen LogP contribution in [-0.4, -0.2) is 45.8 Å². The van der Waals surface area contributed by atoms with Gasteiger partial charge < -0.3 is 20.1 Å². The van der Waals surface area contributed by atoms with Crippen LogP contribution in [0.1, 0.15) is 59.9 Å². The molecule has 9 heteroatoms. The summed E-state index contributed by atoms with van der Waals surface area (Å²) in [6.07, 6.45) is 7.06. The molecule has 0 radical (unpaired) electrons. The van der Waals surface area contributed by atoms with Gasteiger partial charge in [-0.3, -0.25) is 14.3 Å². The van der Waals surface area contributed by atoms with Gasteiger partial charge in [0.2, 0.25) is 0 Å². The molecular formula is C30H31N5O4. The summed E-state index contributed by atoms with van der Waals surface area (Å²) in [5.74, 6) is 0.742. The molecule has 0 saturated heterocycles. The third-order valence-electron chi connectivity index (χ3n) is 7.29. The van der Waals surface area contributed by atoms with Gasteiger partial charge in [-0.25, -0.2) is 4.98 Å². The van der Waals surface area contributed by atoms with Gasteiger partial charge in [0.05, 0.1) is 22.5 Å². The van der Waals surface area contributed by atoms with Crippen LogP contribution < -0.4 is 20.1 Å². The fourth-order valence-electron chi connectivity index (χ4n) is 5.25. The first-order valence-corrected chi connectivity index (χ1v) is 13.6. The molecule has 1 aliphatic heterocycles. The number of para-hydroxylation sites is 1. The molecule has 9 nitrogen and oxygen atoms in total. The highest BCUT2D eigenvalue weighted by Gasteiger charge is 2.24. The Hall–Kier alpha value is -4.40. The van der Waals surface area contributed by atoms with Crippen molar-refractivity contribution >= 4 is 28.4 Å². The second-order valence-corrected chi connectivity index (χ2v) is 9.94. The first-order valence-electron chi connectivity index (χ1n) is 13.6. The van der Waals surface area contributed by atoms with Crippen LogP contribution in [0.5, 0.6) is 11.5 Å². The van der Waals surface area contributed by atoms with E-state index in [1.165, 1.54) is 6.42 Å². The minimum atomic E-state index is -0.338. The molecule has 200 valence electrons. The zero-order chi connectivity index (χ0) is 26.8. The summed E-state index contributed by atoms with van der Waals surface area (Å²) in [6, 6.07) is 15.1. The van der Waals surface area contributed by atoms with Crippen LogP contribution in [0.3, 0.4) is 0 Å². The lowest BCUT2D eigenvalue weighted by atomic mass is 9.95. The maximum absolute atomic E-state index is 13.8. The van der Waals surface area contributed by atoms with Crippen molar-refractivity contribution in [1.82, 2.24) is 20.1 Å². The molecule has 3 heterocycles. The number of aromatic nitrogens is 3. The number of hydrogen-bond acceptors (Lipinski definition) is 6. The van der Waals surface area contributed by atoms with Gasteiger partial charge in [-0.05, 0) is 50.1 Å². The number of ether oxygens (including phenoxy) is 2. The zero-order valence-electron chi connectivity index (χ0n) is 21.9. The van der Waals surface area contributed by atoms with Crippen molar-refractivity contribution in [2.45, 2.75) is 51.6 Å². The molecule has 4 aromatic rings. The van der Waals surface area contributed by atoms with Gasteiger partial charge in [0.1, 0.15) is 13.2 Å². The van der Waals surface area contributed by atoms with Crippen molar-refractivity contribution in [2.75, 3.05) is 18.5 Å². The summed E-state index contributed by atoms with van der Waals surface area (Å²) in [6.45, 7) is 3.51. The van der Waals surface area contributed by atoms with Gasteiger partial charge in [0.15, 0.2) is 17.2 Å². The standard InChI is InChI=1S/C30H31N5O4/c1-2-35-18-25(28(34-35)30(37)31-20-8-4-3-5-9-20)33-29(36)22-17-24(32-23-11-7-6-10-21(22)23)19-12-13-26-27(16-19)39-15-14-38-26/h6-7,10-13,16-18,20H,2-5,8-9,14-15H2,1H3,(H,31,37)(H,33,36). The molecule has 0 unspecified atom stereocenters. The van der Waals surface area contributed by atoms with Crippen molar-refractivity contribution in [1.29, 1.82) is 0 Å². The zero-order valence-corrected chi connectivity index (χ0v) is 21.9. The van der Waals surface area contributed by atoms with E-state index in [4.69, 9.17) is 14.5 Å². The molecule has 2 aliphatic rings. The molecule has 1 fully saturated rings. The molecule has 2 aromatic heterocycles. The average Bonchev–Trinajstić information content (AvgIpc) is 3.39. The van der Waals surface area contributed by atoms with Crippen molar-refractivity contribution in [3.63, 3.8) is 0 Å². The second-order valence-electron chi connectivity index (χ2n) is 9.94.